The average molecular weight is 277 g/mol. The van der Waals surface area contributed by atoms with Crippen LogP contribution >= 0.6 is 0 Å². The van der Waals surface area contributed by atoms with Gasteiger partial charge in [0.2, 0.25) is 0 Å². The van der Waals surface area contributed by atoms with Gasteiger partial charge in [-0.1, -0.05) is 0 Å². The number of amides is 1. The Kier molecular flexibility index (Phi) is 3.35. The number of carbonyl (C=O) groups is 1. The van der Waals surface area contributed by atoms with Gasteiger partial charge < -0.3 is 20.8 Å². The zero-order valence-corrected chi connectivity index (χ0v) is 11.4. The Balaban J connectivity index is 1.71. The fraction of sp³-hybridized carbons (Fsp3) is 0.571. The minimum absolute atomic E-state index is 0.00719. The SMILES string of the molecule is Cc1ccc(C(=O)NC2C(N)C3CCCOC32)c(=O)[nH]1. The first-order chi connectivity index (χ1) is 9.58. The van der Waals surface area contributed by atoms with Crippen LogP contribution in [0.3, 0.4) is 0 Å². The summed E-state index contributed by atoms with van der Waals surface area (Å²) in [5.41, 5.74) is 6.54. The molecule has 0 spiro atoms. The van der Waals surface area contributed by atoms with Gasteiger partial charge in [-0.15, -0.1) is 0 Å². The number of pyridine rings is 1. The second-order valence-corrected chi connectivity index (χ2v) is 5.60. The summed E-state index contributed by atoms with van der Waals surface area (Å²) in [6.07, 6.45) is 2.06. The normalized spacial score (nSPS) is 32.1. The van der Waals surface area contributed by atoms with E-state index in [0.717, 1.165) is 18.5 Å². The van der Waals surface area contributed by atoms with Crippen molar-refractivity contribution in [1.29, 1.82) is 0 Å². The summed E-state index contributed by atoms with van der Waals surface area (Å²) < 4.78 is 5.67. The van der Waals surface area contributed by atoms with Crippen molar-refractivity contribution in [2.75, 3.05) is 6.61 Å². The van der Waals surface area contributed by atoms with Gasteiger partial charge in [0, 0.05) is 24.3 Å². The molecule has 3 rings (SSSR count). The molecule has 1 aliphatic carbocycles. The highest BCUT2D eigenvalue weighted by molar-refractivity contribution is 5.94. The quantitative estimate of drug-likeness (QED) is 0.704. The summed E-state index contributed by atoms with van der Waals surface area (Å²) >= 11 is 0. The van der Waals surface area contributed by atoms with Gasteiger partial charge in [0.25, 0.3) is 11.5 Å². The van der Waals surface area contributed by atoms with E-state index in [4.69, 9.17) is 10.5 Å². The molecule has 1 amide bonds. The molecule has 4 N–H and O–H groups in total. The second kappa shape index (κ2) is 5.03. The summed E-state index contributed by atoms with van der Waals surface area (Å²) in [6, 6.07) is 2.95. The molecule has 1 aromatic rings. The smallest absolute Gasteiger partial charge is 0.260 e. The van der Waals surface area contributed by atoms with Gasteiger partial charge in [0.1, 0.15) is 5.56 Å². The van der Waals surface area contributed by atoms with E-state index in [1.54, 1.807) is 13.0 Å². The Labute approximate surface area is 116 Å². The number of H-pyrrole nitrogens is 1. The first-order valence-corrected chi connectivity index (χ1v) is 6.96. The third-order valence-corrected chi connectivity index (χ3v) is 4.27. The number of nitrogens with one attached hydrogen (secondary N) is 2. The number of carbonyl (C=O) groups excluding carboxylic acids is 1. The number of ether oxygens (including phenoxy) is 1. The Hall–Kier alpha value is -1.66. The summed E-state index contributed by atoms with van der Waals surface area (Å²) in [6.45, 7) is 2.48. The van der Waals surface area contributed by atoms with Crippen molar-refractivity contribution >= 4 is 5.91 Å². The Morgan fingerprint density at radius 3 is 3.05 bits per heavy atom. The van der Waals surface area contributed by atoms with Crippen molar-refractivity contribution in [2.45, 2.75) is 38.0 Å². The van der Waals surface area contributed by atoms with Crippen LogP contribution in [-0.2, 0) is 4.74 Å². The van der Waals surface area contributed by atoms with Crippen molar-refractivity contribution in [2.24, 2.45) is 11.7 Å². The first kappa shape index (κ1) is 13.3. The number of aryl methyl sites for hydroxylation is 1. The largest absolute Gasteiger partial charge is 0.376 e. The van der Waals surface area contributed by atoms with E-state index < -0.39 is 0 Å². The zero-order chi connectivity index (χ0) is 14.3. The number of hydrogen-bond acceptors (Lipinski definition) is 4. The topological polar surface area (TPSA) is 97.2 Å². The molecule has 108 valence electrons. The molecule has 4 unspecified atom stereocenters. The van der Waals surface area contributed by atoms with Crippen molar-refractivity contribution in [3.05, 3.63) is 33.7 Å². The van der Waals surface area contributed by atoms with Gasteiger partial charge in [0.15, 0.2) is 0 Å². The third kappa shape index (κ3) is 2.14. The van der Waals surface area contributed by atoms with Crippen LogP contribution in [0.15, 0.2) is 16.9 Å². The van der Waals surface area contributed by atoms with Gasteiger partial charge >= 0.3 is 0 Å². The van der Waals surface area contributed by atoms with Crippen LogP contribution in [-0.4, -0.2) is 35.7 Å². The zero-order valence-electron chi connectivity index (χ0n) is 11.4. The van der Waals surface area contributed by atoms with Crippen molar-refractivity contribution in [3.63, 3.8) is 0 Å². The number of aromatic amines is 1. The maximum absolute atomic E-state index is 12.2. The molecular formula is C14H19N3O3. The molecule has 1 aliphatic heterocycles. The molecule has 0 radical (unpaired) electrons. The van der Waals surface area contributed by atoms with E-state index in [9.17, 15) is 9.59 Å². The minimum Gasteiger partial charge on any atom is -0.376 e. The van der Waals surface area contributed by atoms with E-state index in [-0.39, 0.29) is 35.2 Å². The van der Waals surface area contributed by atoms with Gasteiger partial charge in [-0.2, -0.15) is 0 Å². The predicted octanol–water partition coefficient (Wildman–Crippen LogP) is -0.0822. The molecule has 6 nitrogen and oxygen atoms in total. The van der Waals surface area contributed by atoms with Crippen LogP contribution in [0.5, 0.6) is 0 Å². The van der Waals surface area contributed by atoms with Gasteiger partial charge in [-0.05, 0) is 31.9 Å². The number of fused-ring (bicyclic) bond motifs is 1. The van der Waals surface area contributed by atoms with Crippen molar-refractivity contribution < 1.29 is 9.53 Å². The van der Waals surface area contributed by atoms with E-state index in [1.165, 1.54) is 6.07 Å². The maximum atomic E-state index is 12.2. The van der Waals surface area contributed by atoms with Crippen LogP contribution in [0.4, 0.5) is 0 Å². The lowest BCUT2D eigenvalue weighted by molar-refractivity contribution is -0.117. The highest BCUT2D eigenvalue weighted by Crippen LogP contribution is 2.36. The lowest BCUT2D eigenvalue weighted by atomic mass is 9.68. The molecule has 2 aliphatic rings. The second-order valence-electron chi connectivity index (χ2n) is 5.60. The van der Waals surface area contributed by atoms with E-state index in [2.05, 4.69) is 10.3 Å². The summed E-state index contributed by atoms with van der Waals surface area (Å²) in [7, 11) is 0. The molecule has 1 aromatic heterocycles. The first-order valence-electron chi connectivity index (χ1n) is 6.96. The fourth-order valence-electron chi connectivity index (χ4n) is 3.11. The van der Waals surface area contributed by atoms with E-state index in [1.807, 2.05) is 0 Å². The number of hydrogen-bond donors (Lipinski definition) is 3. The van der Waals surface area contributed by atoms with Crippen LogP contribution in [0.1, 0.15) is 28.9 Å². The summed E-state index contributed by atoms with van der Waals surface area (Å²) in [4.78, 5) is 26.5. The average Bonchev–Trinajstić information content (AvgIpc) is 2.44. The number of nitrogens with two attached hydrogens (primary N) is 1. The highest BCUT2D eigenvalue weighted by Gasteiger charge is 2.51. The molecule has 0 bridgehead atoms. The standard InChI is InChI=1S/C14H19N3O3/c1-7-4-5-9(13(18)16-7)14(19)17-11-10(15)8-3-2-6-20-12(8)11/h4-5,8,10-12H,2-3,6,15H2,1H3,(H,16,18)(H,17,19). The van der Waals surface area contributed by atoms with Gasteiger partial charge in [0.05, 0.1) is 12.1 Å². The molecule has 4 atom stereocenters. The highest BCUT2D eigenvalue weighted by atomic mass is 16.5. The molecule has 6 heteroatoms. The van der Waals surface area contributed by atoms with Crippen LogP contribution in [0.2, 0.25) is 0 Å². The van der Waals surface area contributed by atoms with E-state index >= 15 is 0 Å². The molecule has 1 saturated carbocycles. The Morgan fingerprint density at radius 2 is 2.30 bits per heavy atom. The molecular weight excluding hydrogens is 258 g/mol. The lowest BCUT2D eigenvalue weighted by Gasteiger charge is -2.52. The van der Waals surface area contributed by atoms with Crippen LogP contribution in [0.25, 0.3) is 0 Å². The van der Waals surface area contributed by atoms with Crippen LogP contribution in [0, 0.1) is 12.8 Å². The monoisotopic (exact) mass is 277 g/mol. The number of rotatable bonds is 2. The van der Waals surface area contributed by atoms with Gasteiger partial charge in [-0.3, -0.25) is 9.59 Å². The maximum Gasteiger partial charge on any atom is 0.260 e. The lowest BCUT2D eigenvalue weighted by Crippen LogP contribution is -2.72. The number of aromatic nitrogens is 1. The predicted molar refractivity (Wildman–Crippen MR) is 73.5 cm³/mol. The Bertz CT molecular complexity index is 583. The molecule has 1 saturated heterocycles. The molecule has 20 heavy (non-hydrogen) atoms. The minimum atomic E-state index is -0.390. The molecule has 0 aromatic carbocycles. The van der Waals surface area contributed by atoms with E-state index in [0.29, 0.717) is 12.5 Å². The van der Waals surface area contributed by atoms with Gasteiger partial charge in [-0.25, -0.2) is 0 Å². The summed E-state index contributed by atoms with van der Waals surface area (Å²) in [5.74, 6) is -0.0651. The molecule has 2 fully saturated rings. The third-order valence-electron chi connectivity index (χ3n) is 4.27. The Morgan fingerprint density at radius 1 is 1.50 bits per heavy atom. The molecule has 2 heterocycles. The van der Waals surface area contributed by atoms with Crippen molar-refractivity contribution in [3.8, 4) is 0 Å². The van der Waals surface area contributed by atoms with Crippen molar-refractivity contribution in [1.82, 2.24) is 10.3 Å². The fourth-order valence-corrected chi connectivity index (χ4v) is 3.11. The van der Waals surface area contributed by atoms with Crippen LogP contribution < -0.4 is 16.6 Å². The summed E-state index contributed by atoms with van der Waals surface area (Å²) in [5, 5.41) is 2.83.